The Bertz CT molecular complexity index is 920. The molecule has 0 bridgehead atoms. The van der Waals surface area contributed by atoms with Gasteiger partial charge in [0.2, 0.25) is 5.82 Å². The highest BCUT2D eigenvalue weighted by Gasteiger charge is 2.30. The van der Waals surface area contributed by atoms with E-state index in [1.807, 2.05) is 34.1 Å². The Kier molecular flexibility index (Phi) is 6.39. The zero-order chi connectivity index (χ0) is 22.0. The first kappa shape index (κ1) is 21.5. The molecule has 7 heteroatoms. The zero-order valence-corrected chi connectivity index (χ0v) is 18.6. The highest BCUT2D eigenvalue weighted by atomic mass is 19.1. The summed E-state index contributed by atoms with van der Waals surface area (Å²) < 4.78 is 21.3. The smallest absolute Gasteiger partial charge is 0.208 e. The van der Waals surface area contributed by atoms with Crippen molar-refractivity contribution < 1.29 is 13.9 Å². The molecule has 0 spiro atoms. The van der Waals surface area contributed by atoms with Crippen molar-refractivity contribution in [2.24, 2.45) is 5.92 Å². The number of aromatic nitrogens is 2. The predicted octanol–water partition coefficient (Wildman–Crippen LogP) is 4.20. The van der Waals surface area contributed by atoms with E-state index in [1.54, 1.807) is 6.92 Å². The van der Waals surface area contributed by atoms with Crippen LogP contribution in [0.15, 0.2) is 30.6 Å². The molecule has 2 aliphatic rings. The summed E-state index contributed by atoms with van der Waals surface area (Å²) in [5.41, 5.74) is 1.13. The minimum absolute atomic E-state index is 0.0230. The molecule has 1 unspecified atom stereocenters. The van der Waals surface area contributed by atoms with Crippen LogP contribution in [0, 0.1) is 11.7 Å². The molecule has 2 aliphatic heterocycles. The fourth-order valence-electron chi connectivity index (χ4n) is 4.55. The van der Waals surface area contributed by atoms with Crippen molar-refractivity contribution in [1.82, 2.24) is 9.97 Å². The SMILES string of the molecule is CC(=O)C[C@@H](C)c1ccc(O[C@@H]2CCN(c3ncnc(N4CCC(C)C4)c3F)C2)cc1. The van der Waals surface area contributed by atoms with Gasteiger partial charge in [0.05, 0.1) is 6.54 Å². The lowest BCUT2D eigenvalue weighted by atomic mass is 9.96. The molecule has 1 aromatic heterocycles. The van der Waals surface area contributed by atoms with Gasteiger partial charge in [-0.2, -0.15) is 4.39 Å². The summed E-state index contributed by atoms with van der Waals surface area (Å²) in [7, 11) is 0. The molecule has 2 fully saturated rings. The summed E-state index contributed by atoms with van der Waals surface area (Å²) in [6, 6.07) is 7.94. The molecule has 3 atom stereocenters. The number of ketones is 1. The number of rotatable bonds is 7. The highest BCUT2D eigenvalue weighted by Crippen LogP contribution is 2.31. The van der Waals surface area contributed by atoms with Gasteiger partial charge in [0.1, 0.15) is 24.0 Å². The first-order valence-corrected chi connectivity index (χ1v) is 11.2. The van der Waals surface area contributed by atoms with Crippen molar-refractivity contribution in [3.05, 3.63) is 42.0 Å². The minimum Gasteiger partial charge on any atom is -0.489 e. The van der Waals surface area contributed by atoms with Crippen molar-refractivity contribution in [1.29, 1.82) is 0 Å². The Morgan fingerprint density at radius 1 is 1.13 bits per heavy atom. The summed E-state index contributed by atoms with van der Waals surface area (Å²) in [4.78, 5) is 23.8. The lowest BCUT2D eigenvalue weighted by molar-refractivity contribution is -0.117. The molecule has 0 saturated carbocycles. The summed E-state index contributed by atoms with van der Waals surface area (Å²) in [6.07, 6.45) is 3.85. The number of hydrogen-bond donors (Lipinski definition) is 0. The normalized spacial score (nSPS) is 22.1. The molecule has 2 saturated heterocycles. The minimum atomic E-state index is -0.332. The summed E-state index contributed by atoms with van der Waals surface area (Å²) >= 11 is 0. The van der Waals surface area contributed by atoms with E-state index in [9.17, 15) is 4.79 Å². The number of benzene rings is 1. The van der Waals surface area contributed by atoms with Crippen LogP contribution in [0.5, 0.6) is 5.75 Å². The first-order chi connectivity index (χ1) is 14.9. The van der Waals surface area contributed by atoms with E-state index >= 15 is 4.39 Å². The van der Waals surface area contributed by atoms with Gasteiger partial charge in [-0.05, 0) is 42.9 Å². The molecule has 0 N–H and O–H groups in total. The van der Waals surface area contributed by atoms with E-state index in [4.69, 9.17) is 4.74 Å². The lowest BCUT2D eigenvalue weighted by Gasteiger charge is -2.22. The molecule has 0 radical (unpaired) electrons. The Morgan fingerprint density at radius 2 is 1.77 bits per heavy atom. The van der Waals surface area contributed by atoms with Crippen LogP contribution >= 0.6 is 0 Å². The summed E-state index contributed by atoms with van der Waals surface area (Å²) in [5.74, 6) is 2.18. The molecule has 0 amide bonds. The molecular formula is C24H31FN4O2. The number of anilines is 2. The van der Waals surface area contributed by atoms with Crippen LogP contribution < -0.4 is 14.5 Å². The predicted molar refractivity (Wildman–Crippen MR) is 119 cm³/mol. The number of Topliss-reactive ketones (excluding diaryl/α,β-unsaturated/α-hetero) is 1. The maximum atomic E-state index is 15.2. The van der Waals surface area contributed by atoms with E-state index in [2.05, 4.69) is 23.8 Å². The quantitative estimate of drug-likeness (QED) is 0.661. The Hall–Kier alpha value is -2.70. The number of ether oxygens (including phenoxy) is 1. The van der Waals surface area contributed by atoms with Gasteiger partial charge in [-0.15, -0.1) is 0 Å². The third-order valence-corrected chi connectivity index (χ3v) is 6.27. The van der Waals surface area contributed by atoms with Gasteiger partial charge in [0, 0.05) is 32.5 Å². The van der Waals surface area contributed by atoms with Gasteiger partial charge in [-0.25, -0.2) is 9.97 Å². The highest BCUT2D eigenvalue weighted by molar-refractivity contribution is 5.76. The standard InChI is InChI=1S/C24H31FN4O2/c1-16-8-10-28(13-16)23-22(25)24(27-15-26-23)29-11-9-21(14-29)31-20-6-4-19(5-7-20)17(2)12-18(3)30/h4-7,15-17,21H,8-14H2,1-3H3/t16?,17-,21-/m1/s1. The van der Waals surface area contributed by atoms with Gasteiger partial charge in [0.25, 0.3) is 0 Å². The average molecular weight is 427 g/mol. The average Bonchev–Trinajstić information content (AvgIpc) is 3.37. The maximum absolute atomic E-state index is 15.2. The van der Waals surface area contributed by atoms with Crippen molar-refractivity contribution in [3.63, 3.8) is 0 Å². The van der Waals surface area contributed by atoms with E-state index in [1.165, 1.54) is 6.33 Å². The lowest BCUT2D eigenvalue weighted by Crippen LogP contribution is -2.28. The van der Waals surface area contributed by atoms with Crippen molar-refractivity contribution in [2.45, 2.75) is 52.1 Å². The number of carbonyl (C=O) groups excluding carboxylic acids is 1. The van der Waals surface area contributed by atoms with Crippen LogP contribution in [0.25, 0.3) is 0 Å². The van der Waals surface area contributed by atoms with Crippen molar-refractivity contribution >= 4 is 17.4 Å². The summed E-state index contributed by atoms with van der Waals surface area (Å²) in [5, 5.41) is 0. The van der Waals surface area contributed by atoms with Gasteiger partial charge < -0.3 is 19.3 Å². The Morgan fingerprint density at radius 3 is 2.39 bits per heavy atom. The van der Waals surface area contributed by atoms with E-state index in [0.717, 1.165) is 37.2 Å². The third kappa shape index (κ3) is 4.97. The fourth-order valence-corrected chi connectivity index (χ4v) is 4.55. The van der Waals surface area contributed by atoms with E-state index in [0.29, 0.717) is 37.1 Å². The molecule has 0 aliphatic carbocycles. The Labute approximate surface area is 183 Å². The van der Waals surface area contributed by atoms with Crippen LogP contribution in [-0.2, 0) is 4.79 Å². The van der Waals surface area contributed by atoms with E-state index in [-0.39, 0.29) is 23.6 Å². The molecule has 6 nitrogen and oxygen atoms in total. The molecule has 4 rings (SSSR count). The second-order valence-electron chi connectivity index (χ2n) is 9.03. The monoisotopic (exact) mass is 426 g/mol. The van der Waals surface area contributed by atoms with Crippen molar-refractivity contribution in [2.75, 3.05) is 36.0 Å². The van der Waals surface area contributed by atoms with E-state index < -0.39 is 0 Å². The maximum Gasteiger partial charge on any atom is 0.208 e. The fraction of sp³-hybridized carbons (Fsp3) is 0.542. The van der Waals surface area contributed by atoms with Crippen LogP contribution in [0.3, 0.4) is 0 Å². The zero-order valence-electron chi connectivity index (χ0n) is 18.6. The third-order valence-electron chi connectivity index (χ3n) is 6.27. The second-order valence-corrected chi connectivity index (χ2v) is 9.03. The number of nitrogens with zero attached hydrogens (tertiary/aromatic N) is 4. The molecule has 3 heterocycles. The molecule has 2 aromatic rings. The van der Waals surface area contributed by atoms with Crippen LogP contribution in [0.1, 0.15) is 51.5 Å². The molecule has 31 heavy (non-hydrogen) atoms. The number of hydrogen-bond acceptors (Lipinski definition) is 6. The first-order valence-electron chi connectivity index (χ1n) is 11.2. The molecule has 1 aromatic carbocycles. The van der Waals surface area contributed by atoms with Gasteiger partial charge >= 0.3 is 0 Å². The van der Waals surface area contributed by atoms with Gasteiger partial charge in [0.15, 0.2) is 11.6 Å². The van der Waals surface area contributed by atoms with Gasteiger partial charge in [-0.3, -0.25) is 0 Å². The summed E-state index contributed by atoms with van der Waals surface area (Å²) in [6.45, 7) is 8.81. The van der Waals surface area contributed by atoms with Crippen LogP contribution in [0.4, 0.5) is 16.0 Å². The molecule has 166 valence electrons. The largest absolute Gasteiger partial charge is 0.489 e. The van der Waals surface area contributed by atoms with Crippen LogP contribution in [-0.4, -0.2) is 48.0 Å². The van der Waals surface area contributed by atoms with Crippen molar-refractivity contribution in [3.8, 4) is 5.75 Å². The number of halogens is 1. The van der Waals surface area contributed by atoms with Gasteiger partial charge in [-0.1, -0.05) is 26.0 Å². The Balaban J connectivity index is 1.38. The topological polar surface area (TPSA) is 58.6 Å². The molecular weight excluding hydrogens is 395 g/mol. The van der Waals surface area contributed by atoms with Crippen LogP contribution in [0.2, 0.25) is 0 Å². The second kappa shape index (κ2) is 9.20. The number of carbonyl (C=O) groups is 1.